The van der Waals surface area contributed by atoms with Gasteiger partial charge in [0.1, 0.15) is 17.0 Å². The number of fused-ring (bicyclic) bond motifs is 2. The summed E-state index contributed by atoms with van der Waals surface area (Å²) in [7, 11) is 1.91. The summed E-state index contributed by atoms with van der Waals surface area (Å²) < 4.78 is 7.57. The van der Waals surface area contributed by atoms with E-state index in [-0.39, 0.29) is 25.7 Å². The Kier molecular flexibility index (Phi) is 5.49. The molecule has 0 unspecified atom stereocenters. The average Bonchev–Trinajstić information content (AvgIpc) is 2.99. The Morgan fingerprint density at radius 2 is 1.81 bits per heavy atom. The second kappa shape index (κ2) is 7.67. The van der Waals surface area contributed by atoms with Crippen LogP contribution in [0.3, 0.4) is 0 Å². The summed E-state index contributed by atoms with van der Waals surface area (Å²) in [6, 6.07) is 15.7. The quantitative estimate of drug-likeness (QED) is 0.365. The van der Waals surface area contributed by atoms with Gasteiger partial charge in [-0.25, -0.2) is 9.78 Å². The summed E-state index contributed by atoms with van der Waals surface area (Å²) >= 11 is 0. The first-order valence-corrected chi connectivity index (χ1v) is 8.87. The first-order chi connectivity index (χ1) is 12.6. The molecular weight excluding hydrogens is 518 g/mol. The van der Waals surface area contributed by atoms with Gasteiger partial charge in [-0.2, -0.15) is 0 Å². The van der Waals surface area contributed by atoms with Gasteiger partial charge in [0.2, 0.25) is 0 Å². The van der Waals surface area contributed by atoms with E-state index in [0.717, 1.165) is 35.2 Å². The Labute approximate surface area is 171 Å². The topological polar surface area (TPSA) is 51.3 Å². The van der Waals surface area contributed by atoms with Gasteiger partial charge in [-0.3, -0.25) is 0 Å². The summed E-state index contributed by atoms with van der Waals surface area (Å²) in [6.07, 6.45) is 0. The molecule has 0 saturated carbocycles. The van der Waals surface area contributed by atoms with Gasteiger partial charge in [-0.05, 0) is 44.2 Å². The first kappa shape index (κ1) is 19.3. The van der Waals surface area contributed by atoms with Gasteiger partial charge in [0.05, 0.1) is 11.0 Å². The van der Waals surface area contributed by atoms with Gasteiger partial charge in [-0.1, -0.05) is 12.1 Å². The van der Waals surface area contributed by atoms with Gasteiger partial charge in [0.25, 0.3) is 0 Å². The van der Waals surface area contributed by atoms with E-state index in [9.17, 15) is 4.79 Å². The molecule has 141 valence electrons. The second-order valence-corrected chi connectivity index (χ2v) is 6.33. The summed E-state index contributed by atoms with van der Waals surface area (Å²) in [6.45, 7) is 6.03. The van der Waals surface area contributed by atoms with Gasteiger partial charge in [0, 0.05) is 57.4 Å². The number of hydrogen-bond donors (Lipinski definition) is 0. The van der Waals surface area contributed by atoms with Crippen molar-refractivity contribution in [3.8, 4) is 11.4 Å². The number of rotatable bonds is 4. The largest absolute Gasteiger partial charge is 0.422 e. The molecule has 27 heavy (non-hydrogen) atoms. The fraction of sp³-hybridized carbons (Fsp3) is 0.238. The summed E-state index contributed by atoms with van der Waals surface area (Å²) in [5, 5.41) is 0.891. The number of hydrogen-bond acceptors (Lipinski definition) is 4. The van der Waals surface area contributed by atoms with Crippen LogP contribution in [0.2, 0.25) is 0 Å². The Bertz CT molecular complexity index is 1160. The third-order valence-electron chi connectivity index (χ3n) is 4.88. The van der Waals surface area contributed by atoms with Crippen molar-refractivity contribution >= 4 is 27.7 Å². The molecule has 0 N–H and O–H groups in total. The SMILES string of the molecule is CCN(CC)c1ccc2cc(-c3nc4ccccc4n3C)c(=O)oc2c1.[Ir]. The molecule has 0 atom stereocenters. The third kappa shape index (κ3) is 3.31. The second-order valence-electron chi connectivity index (χ2n) is 6.33. The number of aromatic nitrogens is 2. The van der Waals surface area contributed by atoms with Gasteiger partial charge < -0.3 is 13.9 Å². The van der Waals surface area contributed by atoms with E-state index in [0.29, 0.717) is 17.0 Å². The minimum Gasteiger partial charge on any atom is -0.422 e. The van der Waals surface area contributed by atoms with Gasteiger partial charge in [-0.15, -0.1) is 0 Å². The molecule has 0 fully saturated rings. The molecule has 0 aliphatic carbocycles. The Balaban J connectivity index is 0.00000210. The summed E-state index contributed by atoms with van der Waals surface area (Å²) in [5.41, 5.74) is 3.61. The molecular formula is C21H21IrN3O2. The fourth-order valence-corrected chi connectivity index (χ4v) is 3.43. The van der Waals surface area contributed by atoms with Crippen LogP contribution in [-0.2, 0) is 27.2 Å². The van der Waals surface area contributed by atoms with E-state index in [4.69, 9.17) is 4.42 Å². The van der Waals surface area contributed by atoms with E-state index in [1.807, 2.05) is 54.1 Å². The zero-order valence-electron chi connectivity index (χ0n) is 15.5. The third-order valence-corrected chi connectivity index (χ3v) is 4.88. The fourth-order valence-electron chi connectivity index (χ4n) is 3.43. The maximum atomic E-state index is 12.6. The molecule has 0 aliphatic heterocycles. The normalized spacial score (nSPS) is 10.9. The molecule has 2 aromatic carbocycles. The molecule has 4 aromatic rings. The molecule has 0 bridgehead atoms. The van der Waals surface area contributed by atoms with Crippen molar-refractivity contribution in [1.82, 2.24) is 9.55 Å². The van der Waals surface area contributed by atoms with E-state index in [2.05, 4.69) is 29.8 Å². The van der Waals surface area contributed by atoms with Crippen molar-refractivity contribution in [1.29, 1.82) is 0 Å². The number of nitrogens with zero attached hydrogens (tertiary/aromatic N) is 3. The van der Waals surface area contributed by atoms with E-state index in [1.54, 1.807) is 0 Å². The molecule has 0 aliphatic rings. The van der Waals surface area contributed by atoms with Crippen molar-refractivity contribution < 1.29 is 24.5 Å². The van der Waals surface area contributed by atoms with Crippen molar-refractivity contribution in [3.05, 3.63) is 59.0 Å². The minimum atomic E-state index is -0.368. The van der Waals surface area contributed by atoms with Crippen LogP contribution in [-0.4, -0.2) is 22.6 Å². The summed E-state index contributed by atoms with van der Waals surface area (Å²) in [4.78, 5) is 19.5. The van der Waals surface area contributed by atoms with E-state index in [1.165, 1.54) is 0 Å². The van der Waals surface area contributed by atoms with E-state index >= 15 is 0 Å². The minimum absolute atomic E-state index is 0. The number of para-hydroxylation sites is 2. The molecule has 5 nitrogen and oxygen atoms in total. The molecule has 0 amide bonds. The van der Waals surface area contributed by atoms with Crippen molar-refractivity contribution in [2.45, 2.75) is 13.8 Å². The number of anilines is 1. The zero-order chi connectivity index (χ0) is 18.3. The standard InChI is InChI=1S/C21H21N3O2.Ir/c1-4-24(5-2)15-11-10-14-12-16(21(25)26-19(14)13-15)20-22-17-8-6-7-9-18(17)23(20)3;/h6-13H,4-5H2,1-3H3;. The molecule has 2 heterocycles. The van der Waals surface area contributed by atoms with Crippen molar-refractivity contribution in [3.63, 3.8) is 0 Å². The molecule has 0 saturated heterocycles. The van der Waals surface area contributed by atoms with Gasteiger partial charge in [0.15, 0.2) is 0 Å². The summed E-state index contributed by atoms with van der Waals surface area (Å²) in [5.74, 6) is 0.620. The predicted molar refractivity (Wildman–Crippen MR) is 106 cm³/mol. The number of aryl methyl sites for hydroxylation is 1. The predicted octanol–water partition coefficient (Wildman–Crippen LogP) is 4.19. The first-order valence-electron chi connectivity index (χ1n) is 8.87. The van der Waals surface area contributed by atoms with Crippen LogP contribution >= 0.6 is 0 Å². The number of benzene rings is 2. The van der Waals surface area contributed by atoms with Crippen LogP contribution in [0.15, 0.2) is 57.7 Å². The Morgan fingerprint density at radius 3 is 2.52 bits per heavy atom. The van der Waals surface area contributed by atoms with Crippen LogP contribution in [0.4, 0.5) is 5.69 Å². The van der Waals surface area contributed by atoms with Crippen molar-refractivity contribution in [2.75, 3.05) is 18.0 Å². The van der Waals surface area contributed by atoms with Crippen LogP contribution < -0.4 is 10.5 Å². The maximum absolute atomic E-state index is 12.6. The molecule has 0 spiro atoms. The van der Waals surface area contributed by atoms with Crippen LogP contribution in [0.25, 0.3) is 33.4 Å². The molecule has 4 rings (SSSR count). The van der Waals surface area contributed by atoms with Crippen LogP contribution in [0.1, 0.15) is 13.8 Å². The monoisotopic (exact) mass is 540 g/mol. The average molecular weight is 540 g/mol. The Hall–Kier alpha value is -2.43. The number of imidazole rings is 1. The van der Waals surface area contributed by atoms with Crippen LogP contribution in [0.5, 0.6) is 0 Å². The molecule has 1 radical (unpaired) electrons. The molecule has 2 aromatic heterocycles. The maximum Gasteiger partial charge on any atom is 0.347 e. The van der Waals surface area contributed by atoms with E-state index < -0.39 is 0 Å². The smallest absolute Gasteiger partial charge is 0.347 e. The Morgan fingerprint density at radius 1 is 1.07 bits per heavy atom. The van der Waals surface area contributed by atoms with Crippen LogP contribution in [0, 0.1) is 0 Å². The van der Waals surface area contributed by atoms with Gasteiger partial charge >= 0.3 is 5.63 Å². The zero-order valence-corrected chi connectivity index (χ0v) is 17.9. The molecule has 6 heteroatoms. The van der Waals surface area contributed by atoms with Crippen molar-refractivity contribution in [2.24, 2.45) is 7.05 Å².